The van der Waals surface area contributed by atoms with Crippen LogP contribution in [0.25, 0.3) is 11.3 Å². The highest BCUT2D eigenvalue weighted by molar-refractivity contribution is 5.81. The third-order valence-corrected chi connectivity index (χ3v) is 14.8. The molecule has 6 rings (SSSR count). The number of hydrogen-bond acceptors (Lipinski definition) is 4. The highest BCUT2D eigenvalue weighted by Crippen LogP contribution is 2.72. The highest BCUT2D eigenvalue weighted by Gasteiger charge is 2.63. The van der Waals surface area contributed by atoms with Crippen molar-refractivity contribution in [3.8, 4) is 11.3 Å². The van der Waals surface area contributed by atoms with Crippen LogP contribution in [0.2, 0.25) is 0 Å². The van der Waals surface area contributed by atoms with Crippen LogP contribution in [0.3, 0.4) is 0 Å². The molecule has 2 saturated carbocycles. The fraction of sp³-hybridized carbons (Fsp3) is 0.630. The quantitative estimate of drug-likeness (QED) is 0.188. The summed E-state index contributed by atoms with van der Waals surface area (Å²) in [4.78, 5) is 30.3. The summed E-state index contributed by atoms with van der Waals surface area (Å²) in [5.41, 5.74) is 8.71. The summed E-state index contributed by atoms with van der Waals surface area (Å²) in [6.07, 6.45) is 16.4. The van der Waals surface area contributed by atoms with Gasteiger partial charge in [-0.1, -0.05) is 94.7 Å². The van der Waals surface area contributed by atoms with Gasteiger partial charge in [0.2, 0.25) is 5.91 Å². The lowest BCUT2D eigenvalue weighted by Gasteiger charge is -2.62. The van der Waals surface area contributed by atoms with E-state index in [2.05, 4.69) is 71.8 Å². The van der Waals surface area contributed by atoms with Crippen LogP contribution in [-0.2, 0) is 20.9 Å². The summed E-state index contributed by atoms with van der Waals surface area (Å²) in [7, 11) is 0. The summed E-state index contributed by atoms with van der Waals surface area (Å²) >= 11 is 0. The Hall–Kier alpha value is -3.21. The molecular formula is C46H64N2O3. The molecule has 276 valence electrons. The van der Waals surface area contributed by atoms with E-state index in [-0.39, 0.29) is 41.7 Å². The van der Waals surface area contributed by atoms with Gasteiger partial charge in [0.05, 0.1) is 12.1 Å². The van der Waals surface area contributed by atoms with Gasteiger partial charge >= 0.3 is 5.97 Å². The van der Waals surface area contributed by atoms with E-state index in [1.807, 2.05) is 48.0 Å². The van der Waals surface area contributed by atoms with Crippen molar-refractivity contribution in [1.29, 1.82) is 0 Å². The van der Waals surface area contributed by atoms with Crippen molar-refractivity contribution in [3.05, 3.63) is 77.0 Å². The van der Waals surface area contributed by atoms with E-state index in [0.29, 0.717) is 23.3 Å². The number of carbonyl (C=O) groups is 2. The molecule has 0 bridgehead atoms. The maximum Gasteiger partial charge on any atom is 0.306 e. The number of esters is 1. The third-order valence-electron chi connectivity index (χ3n) is 14.8. The molecule has 1 heterocycles. The van der Waals surface area contributed by atoms with Gasteiger partial charge in [-0.15, -0.1) is 0 Å². The zero-order valence-electron chi connectivity index (χ0n) is 32.9. The molecule has 1 N–H and O–H groups in total. The van der Waals surface area contributed by atoms with Crippen molar-refractivity contribution >= 4 is 11.9 Å². The molecule has 0 radical (unpaired) electrons. The first kappa shape index (κ1) is 37.5. The van der Waals surface area contributed by atoms with Gasteiger partial charge in [0.15, 0.2) is 0 Å². The number of hydrogen-bond donors (Lipinski definition) is 1. The van der Waals surface area contributed by atoms with E-state index in [1.54, 1.807) is 11.8 Å². The molecule has 2 aromatic rings. The maximum absolute atomic E-state index is 13.2. The van der Waals surface area contributed by atoms with Crippen molar-refractivity contribution in [2.75, 3.05) is 0 Å². The molecule has 5 heteroatoms. The van der Waals surface area contributed by atoms with E-state index >= 15 is 0 Å². The average molecular weight is 693 g/mol. The number of rotatable bonds is 11. The van der Waals surface area contributed by atoms with Gasteiger partial charge in [0.1, 0.15) is 6.10 Å². The van der Waals surface area contributed by atoms with Crippen LogP contribution in [0.15, 0.2) is 71.5 Å². The monoisotopic (exact) mass is 692 g/mol. The van der Waals surface area contributed by atoms with Gasteiger partial charge in [0.25, 0.3) is 0 Å². The number of nitrogens with zero attached hydrogens (tertiary/aromatic N) is 1. The summed E-state index contributed by atoms with van der Waals surface area (Å²) in [6, 6.07) is 13.9. The molecule has 1 amide bonds. The lowest BCUT2D eigenvalue weighted by Crippen LogP contribution is -2.55. The summed E-state index contributed by atoms with van der Waals surface area (Å²) < 4.78 is 6.25. The highest BCUT2D eigenvalue weighted by atomic mass is 16.5. The van der Waals surface area contributed by atoms with Gasteiger partial charge in [-0.25, -0.2) is 0 Å². The van der Waals surface area contributed by atoms with E-state index < -0.39 is 0 Å². The Morgan fingerprint density at radius 1 is 0.922 bits per heavy atom. The van der Waals surface area contributed by atoms with Gasteiger partial charge in [0, 0.05) is 30.1 Å². The molecule has 2 fully saturated rings. The van der Waals surface area contributed by atoms with E-state index in [9.17, 15) is 9.59 Å². The van der Waals surface area contributed by atoms with E-state index in [4.69, 9.17) is 4.74 Å². The second kappa shape index (κ2) is 14.7. The van der Waals surface area contributed by atoms with Crippen LogP contribution in [0.4, 0.5) is 0 Å². The first-order valence-corrected chi connectivity index (χ1v) is 20.0. The minimum atomic E-state index is -0.251. The molecule has 0 saturated heterocycles. The molecule has 0 aliphatic heterocycles. The zero-order chi connectivity index (χ0) is 36.6. The summed E-state index contributed by atoms with van der Waals surface area (Å²) in [5.74, 6) is 1.66. The van der Waals surface area contributed by atoms with Crippen molar-refractivity contribution < 1.29 is 14.3 Å². The predicted molar refractivity (Wildman–Crippen MR) is 208 cm³/mol. The SMILES string of the molecule is CC(C)=CCC[C@@H](C)[C@H]1CC[C@@]2(C)C3=C(CC[C@]12C)[C@@]1(C)CC[C@H](OC(=O)CCC(=O)NCc2ccc(-c4ccccn4)cc2)C(C)(C)[C@@H]1CC3. The Kier molecular flexibility index (Phi) is 10.8. The number of aromatic nitrogens is 1. The average Bonchev–Trinajstić information content (AvgIpc) is 3.39. The second-order valence-corrected chi connectivity index (χ2v) is 18.2. The van der Waals surface area contributed by atoms with Crippen molar-refractivity contribution in [1.82, 2.24) is 10.3 Å². The Balaban J connectivity index is 1.04. The number of benzene rings is 1. The molecule has 0 unspecified atom stereocenters. The van der Waals surface area contributed by atoms with Gasteiger partial charge < -0.3 is 10.1 Å². The molecular weight excluding hydrogens is 629 g/mol. The summed E-state index contributed by atoms with van der Waals surface area (Å²) in [5, 5.41) is 2.98. The molecule has 4 aliphatic carbocycles. The number of allylic oxidation sites excluding steroid dienone is 4. The molecule has 0 spiro atoms. The van der Waals surface area contributed by atoms with Crippen molar-refractivity contribution in [3.63, 3.8) is 0 Å². The molecule has 7 atom stereocenters. The predicted octanol–water partition coefficient (Wildman–Crippen LogP) is 11.2. The Labute approximate surface area is 308 Å². The lowest BCUT2D eigenvalue weighted by atomic mass is 9.43. The van der Waals surface area contributed by atoms with Crippen molar-refractivity contribution in [2.24, 2.45) is 39.4 Å². The van der Waals surface area contributed by atoms with Gasteiger partial charge in [-0.05, 0) is 130 Å². The number of fused-ring (bicyclic) bond motifs is 4. The fourth-order valence-electron chi connectivity index (χ4n) is 11.7. The number of pyridine rings is 1. The molecule has 4 aliphatic rings. The first-order chi connectivity index (χ1) is 24.2. The van der Waals surface area contributed by atoms with Crippen LogP contribution >= 0.6 is 0 Å². The van der Waals surface area contributed by atoms with Crippen LogP contribution in [0.5, 0.6) is 0 Å². The van der Waals surface area contributed by atoms with Crippen LogP contribution in [0, 0.1) is 39.4 Å². The molecule has 1 aromatic heterocycles. The van der Waals surface area contributed by atoms with Crippen LogP contribution in [0.1, 0.15) is 138 Å². The fourth-order valence-corrected chi connectivity index (χ4v) is 11.7. The Morgan fingerprint density at radius 3 is 2.39 bits per heavy atom. The number of carbonyl (C=O) groups excluding carboxylic acids is 2. The lowest BCUT2D eigenvalue weighted by molar-refractivity contribution is -0.170. The number of amides is 1. The van der Waals surface area contributed by atoms with Gasteiger partial charge in [-0.3, -0.25) is 14.6 Å². The minimum absolute atomic E-state index is 0.110. The normalized spacial score (nSPS) is 31.5. The van der Waals surface area contributed by atoms with E-state index in [1.165, 1.54) is 56.9 Å². The van der Waals surface area contributed by atoms with Crippen LogP contribution < -0.4 is 5.32 Å². The Bertz CT molecular complexity index is 1640. The topological polar surface area (TPSA) is 68.3 Å². The molecule has 51 heavy (non-hydrogen) atoms. The third kappa shape index (κ3) is 7.12. The number of nitrogens with one attached hydrogen (secondary N) is 1. The zero-order valence-corrected chi connectivity index (χ0v) is 32.9. The van der Waals surface area contributed by atoms with Gasteiger partial charge in [-0.2, -0.15) is 0 Å². The number of ether oxygens (including phenoxy) is 1. The second-order valence-electron chi connectivity index (χ2n) is 18.2. The summed E-state index contributed by atoms with van der Waals surface area (Å²) in [6.45, 7) is 19.9. The molecule has 1 aromatic carbocycles. The van der Waals surface area contributed by atoms with Crippen molar-refractivity contribution in [2.45, 2.75) is 145 Å². The van der Waals surface area contributed by atoms with Crippen LogP contribution in [-0.4, -0.2) is 23.0 Å². The molecule has 5 nitrogen and oxygen atoms in total. The largest absolute Gasteiger partial charge is 0.462 e. The maximum atomic E-state index is 13.2. The minimum Gasteiger partial charge on any atom is -0.462 e. The first-order valence-electron chi connectivity index (χ1n) is 20.0. The smallest absolute Gasteiger partial charge is 0.306 e. The standard InChI is InChI=1S/C46H64N2O3/c1-31(2)12-11-13-32(3)35-23-27-46(8)37-19-20-39-43(4,5)40(25-26-44(39,6)36(37)24-28-45(35,46)7)51-42(50)22-21-41(49)48-30-33-15-17-34(18-16-33)38-14-9-10-29-47-38/h9-10,12,14-18,29,32,35,39-40H,11,13,19-28,30H2,1-8H3,(H,48,49)/t32-,35-,39+,40+,44-,45-,46+/m1/s1. The van der Waals surface area contributed by atoms with E-state index in [0.717, 1.165) is 41.5 Å². The Morgan fingerprint density at radius 2 is 1.69 bits per heavy atom.